The van der Waals surface area contributed by atoms with Crippen LogP contribution in [0.5, 0.6) is 0 Å². The number of hydrogen-bond acceptors (Lipinski definition) is 2. The Morgan fingerprint density at radius 3 is 2.44 bits per heavy atom. The summed E-state index contributed by atoms with van der Waals surface area (Å²) in [6.07, 6.45) is 7.48. The van der Waals surface area contributed by atoms with Crippen molar-refractivity contribution < 1.29 is 9.53 Å². The number of carbonyl (C=O) groups excluding carboxylic acids is 1. The second kappa shape index (κ2) is 6.86. The van der Waals surface area contributed by atoms with Crippen LogP contribution in [0.1, 0.15) is 63.1 Å². The topological polar surface area (TPSA) is 29.5 Å². The molecule has 3 rings (SSSR count). The zero-order valence-electron chi connectivity index (χ0n) is 16.3. The third kappa shape index (κ3) is 4.45. The molecule has 0 aromatic heterocycles. The van der Waals surface area contributed by atoms with Crippen molar-refractivity contribution in [1.29, 1.82) is 0 Å². The molecule has 2 aliphatic rings. The second-order valence-electron chi connectivity index (χ2n) is 8.74. The Hall–Kier alpha value is -1.77. The molecule has 2 atom stereocenters. The summed E-state index contributed by atoms with van der Waals surface area (Å²) in [5.74, 6) is 0. The highest BCUT2D eigenvalue weighted by Crippen LogP contribution is 2.35. The molecule has 2 bridgehead atoms. The third-order valence-corrected chi connectivity index (χ3v) is 5.03. The summed E-state index contributed by atoms with van der Waals surface area (Å²) in [6.45, 7) is 10.1. The van der Waals surface area contributed by atoms with Crippen LogP contribution in [-0.2, 0) is 11.2 Å². The summed E-state index contributed by atoms with van der Waals surface area (Å²) in [4.78, 5) is 14.7. The average Bonchev–Trinajstić information content (AvgIpc) is 2.43. The molecule has 136 valence electrons. The first kappa shape index (κ1) is 18.0. The summed E-state index contributed by atoms with van der Waals surface area (Å²) < 4.78 is 5.66. The molecule has 1 aromatic carbocycles. The van der Waals surface area contributed by atoms with E-state index in [4.69, 9.17) is 4.74 Å². The Kier molecular flexibility index (Phi) is 4.95. The summed E-state index contributed by atoms with van der Waals surface area (Å²) in [6, 6.07) is 7.27. The molecule has 1 amide bonds. The molecule has 0 radical (unpaired) electrons. The van der Waals surface area contributed by atoms with E-state index in [0.29, 0.717) is 6.04 Å². The van der Waals surface area contributed by atoms with Gasteiger partial charge in [0, 0.05) is 6.04 Å². The fourth-order valence-corrected chi connectivity index (χ4v) is 4.28. The Balaban J connectivity index is 1.78. The van der Waals surface area contributed by atoms with Crippen LogP contribution in [0, 0.1) is 13.8 Å². The number of benzene rings is 1. The van der Waals surface area contributed by atoms with Crippen molar-refractivity contribution >= 4 is 6.09 Å². The van der Waals surface area contributed by atoms with Gasteiger partial charge in [0.05, 0.1) is 6.04 Å². The molecule has 3 heteroatoms. The van der Waals surface area contributed by atoms with Gasteiger partial charge in [-0.1, -0.05) is 41.0 Å². The fourth-order valence-electron chi connectivity index (χ4n) is 4.28. The zero-order valence-corrected chi connectivity index (χ0v) is 16.3. The normalized spacial score (nSPS) is 23.2. The summed E-state index contributed by atoms with van der Waals surface area (Å²) >= 11 is 0. The summed E-state index contributed by atoms with van der Waals surface area (Å²) in [7, 11) is 0. The highest BCUT2D eigenvalue weighted by atomic mass is 16.6. The van der Waals surface area contributed by atoms with Crippen LogP contribution >= 0.6 is 0 Å². The van der Waals surface area contributed by atoms with Crippen molar-refractivity contribution in [3.8, 4) is 0 Å². The minimum atomic E-state index is -0.436. The minimum absolute atomic E-state index is 0.149. The number of carbonyl (C=O) groups is 1. The van der Waals surface area contributed by atoms with Crippen molar-refractivity contribution in [3.05, 3.63) is 46.5 Å². The van der Waals surface area contributed by atoms with Gasteiger partial charge in [-0.15, -0.1) is 0 Å². The van der Waals surface area contributed by atoms with Crippen LogP contribution < -0.4 is 0 Å². The largest absolute Gasteiger partial charge is 0.444 e. The smallest absolute Gasteiger partial charge is 0.411 e. The Labute approximate surface area is 152 Å². The van der Waals surface area contributed by atoms with Crippen molar-refractivity contribution in [1.82, 2.24) is 4.90 Å². The lowest BCUT2D eigenvalue weighted by molar-refractivity contribution is -0.00149. The van der Waals surface area contributed by atoms with Gasteiger partial charge in [-0.2, -0.15) is 0 Å². The van der Waals surface area contributed by atoms with Gasteiger partial charge in [-0.3, -0.25) is 4.90 Å². The van der Waals surface area contributed by atoms with Gasteiger partial charge in [0.25, 0.3) is 0 Å². The molecular weight excluding hydrogens is 310 g/mol. The molecule has 2 aliphatic heterocycles. The Morgan fingerprint density at radius 2 is 1.84 bits per heavy atom. The molecule has 25 heavy (non-hydrogen) atoms. The molecule has 1 fully saturated rings. The number of amides is 1. The number of hydrogen-bond donors (Lipinski definition) is 0. The quantitative estimate of drug-likeness (QED) is 0.680. The van der Waals surface area contributed by atoms with Crippen LogP contribution in [0.15, 0.2) is 29.8 Å². The molecule has 1 aromatic rings. The predicted molar refractivity (Wildman–Crippen MR) is 102 cm³/mol. The number of fused-ring (bicyclic) bond motifs is 2. The van der Waals surface area contributed by atoms with Gasteiger partial charge in [-0.05, 0) is 72.3 Å². The van der Waals surface area contributed by atoms with Gasteiger partial charge in [0.1, 0.15) is 5.60 Å². The molecule has 2 heterocycles. The van der Waals surface area contributed by atoms with Crippen LogP contribution in [0.4, 0.5) is 4.79 Å². The maximum absolute atomic E-state index is 12.7. The minimum Gasteiger partial charge on any atom is -0.444 e. The van der Waals surface area contributed by atoms with Crippen LogP contribution in [0.3, 0.4) is 0 Å². The molecule has 0 aliphatic carbocycles. The van der Waals surface area contributed by atoms with Gasteiger partial charge in [0.15, 0.2) is 0 Å². The maximum atomic E-state index is 12.7. The first-order chi connectivity index (χ1) is 11.7. The molecule has 1 saturated heterocycles. The predicted octanol–water partition coefficient (Wildman–Crippen LogP) is 5.33. The van der Waals surface area contributed by atoms with E-state index in [1.54, 1.807) is 0 Å². The highest BCUT2D eigenvalue weighted by molar-refractivity contribution is 5.70. The molecule has 0 N–H and O–H groups in total. The second-order valence-corrected chi connectivity index (χ2v) is 8.74. The monoisotopic (exact) mass is 341 g/mol. The number of ether oxygens (including phenoxy) is 1. The van der Waals surface area contributed by atoms with E-state index in [2.05, 4.69) is 38.1 Å². The Bertz CT molecular complexity index is 664. The van der Waals surface area contributed by atoms with E-state index < -0.39 is 5.60 Å². The van der Waals surface area contributed by atoms with Gasteiger partial charge in [-0.25, -0.2) is 4.79 Å². The van der Waals surface area contributed by atoms with Crippen LogP contribution in [0.25, 0.3) is 0 Å². The number of aryl methyl sites for hydroxylation is 2. The van der Waals surface area contributed by atoms with Gasteiger partial charge in [0.2, 0.25) is 0 Å². The van der Waals surface area contributed by atoms with Crippen LogP contribution in [0.2, 0.25) is 0 Å². The van der Waals surface area contributed by atoms with Crippen LogP contribution in [-0.4, -0.2) is 28.7 Å². The van der Waals surface area contributed by atoms with E-state index in [-0.39, 0.29) is 12.1 Å². The van der Waals surface area contributed by atoms with E-state index in [9.17, 15) is 4.79 Å². The van der Waals surface area contributed by atoms with E-state index >= 15 is 0 Å². The molecule has 0 saturated carbocycles. The lowest BCUT2D eigenvalue weighted by Gasteiger charge is -2.45. The lowest BCUT2D eigenvalue weighted by atomic mass is 9.83. The molecular formula is C22H31NO2. The average molecular weight is 341 g/mol. The van der Waals surface area contributed by atoms with Crippen molar-refractivity contribution in [3.63, 3.8) is 0 Å². The standard InChI is InChI=1S/C22H31NO2/c1-15-9-16(2)11-17(10-15)12-18-13-19-7-6-8-20(14-18)23(19)21(24)25-22(3,4)5/h9-11,13,19-20H,6-8,12,14H2,1-5H3. The highest BCUT2D eigenvalue weighted by Gasteiger charge is 2.39. The van der Waals surface area contributed by atoms with E-state index in [1.807, 2.05) is 25.7 Å². The number of rotatable bonds is 2. The number of piperidine rings is 1. The van der Waals surface area contributed by atoms with Crippen molar-refractivity contribution in [2.45, 2.75) is 84.4 Å². The van der Waals surface area contributed by atoms with E-state index in [1.165, 1.54) is 28.7 Å². The molecule has 3 nitrogen and oxygen atoms in total. The number of nitrogens with zero attached hydrogens (tertiary/aromatic N) is 1. The van der Waals surface area contributed by atoms with Crippen molar-refractivity contribution in [2.24, 2.45) is 0 Å². The molecule has 2 unspecified atom stereocenters. The first-order valence-electron chi connectivity index (χ1n) is 9.49. The third-order valence-electron chi connectivity index (χ3n) is 5.03. The van der Waals surface area contributed by atoms with Gasteiger partial charge < -0.3 is 4.74 Å². The maximum Gasteiger partial charge on any atom is 0.411 e. The van der Waals surface area contributed by atoms with E-state index in [0.717, 1.165) is 25.7 Å². The Morgan fingerprint density at radius 1 is 1.16 bits per heavy atom. The SMILES string of the molecule is Cc1cc(C)cc(CC2=CC3CCCC(C2)N3C(=O)OC(C)(C)C)c1. The fraction of sp³-hybridized carbons (Fsp3) is 0.591. The molecule has 0 spiro atoms. The summed E-state index contributed by atoms with van der Waals surface area (Å²) in [5.41, 5.74) is 5.06. The summed E-state index contributed by atoms with van der Waals surface area (Å²) in [5, 5.41) is 0. The lowest BCUT2D eigenvalue weighted by Crippen LogP contribution is -2.53. The first-order valence-corrected chi connectivity index (χ1v) is 9.49. The van der Waals surface area contributed by atoms with Gasteiger partial charge >= 0.3 is 6.09 Å². The zero-order chi connectivity index (χ0) is 18.2. The van der Waals surface area contributed by atoms with Crippen molar-refractivity contribution in [2.75, 3.05) is 0 Å².